The lowest BCUT2D eigenvalue weighted by Gasteiger charge is -2.17. The van der Waals surface area contributed by atoms with Gasteiger partial charge in [0.05, 0.1) is 23.5 Å². The van der Waals surface area contributed by atoms with Crippen LogP contribution in [-0.2, 0) is 4.79 Å². The molecule has 118 valence electrons. The van der Waals surface area contributed by atoms with Gasteiger partial charge in [-0.15, -0.1) is 0 Å². The van der Waals surface area contributed by atoms with Gasteiger partial charge in [0.25, 0.3) is 5.91 Å². The van der Waals surface area contributed by atoms with Crippen molar-refractivity contribution in [3.8, 4) is 0 Å². The Labute approximate surface area is 134 Å². The van der Waals surface area contributed by atoms with E-state index in [1.54, 1.807) is 11.6 Å². The molecule has 0 saturated carbocycles. The topological polar surface area (TPSA) is 79.6 Å². The Morgan fingerprint density at radius 3 is 2.82 bits per heavy atom. The number of likely N-dealkylation sites (N-methyl/N-ethyl adjacent to an activating group) is 1. The maximum Gasteiger partial charge on any atom is 0.257 e. The summed E-state index contributed by atoms with van der Waals surface area (Å²) in [6.45, 7) is 4.14. The Kier molecular flexibility index (Phi) is 5.02. The molecule has 2 aromatic heterocycles. The van der Waals surface area contributed by atoms with Gasteiger partial charge in [-0.3, -0.25) is 9.59 Å². The number of carbonyl (C=O) groups is 2. The highest BCUT2D eigenvalue weighted by molar-refractivity contribution is 7.80. The number of aryl methyl sites for hydroxylation is 2. The summed E-state index contributed by atoms with van der Waals surface area (Å²) in [5.41, 5.74) is 2.66. The summed E-state index contributed by atoms with van der Waals surface area (Å²) in [5.74, 6) is 0.0782. The molecule has 0 aliphatic heterocycles. The van der Waals surface area contributed by atoms with Gasteiger partial charge in [0.15, 0.2) is 5.65 Å². The van der Waals surface area contributed by atoms with E-state index in [1.807, 2.05) is 19.9 Å². The number of aromatic nitrogens is 3. The van der Waals surface area contributed by atoms with Gasteiger partial charge in [-0.2, -0.15) is 17.7 Å². The van der Waals surface area contributed by atoms with Gasteiger partial charge in [-0.25, -0.2) is 9.50 Å². The highest BCUT2D eigenvalue weighted by Crippen LogP contribution is 2.12. The van der Waals surface area contributed by atoms with Crippen molar-refractivity contribution < 1.29 is 9.59 Å². The molecule has 2 aromatic rings. The summed E-state index contributed by atoms with van der Waals surface area (Å²) >= 11 is 4.02. The predicted molar refractivity (Wildman–Crippen MR) is 86.3 cm³/mol. The van der Waals surface area contributed by atoms with Crippen LogP contribution in [0.15, 0.2) is 12.3 Å². The second kappa shape index (κ2) is 6.78. The van der Waals surface area contributed by atoms with Crippen molar-refractivity contribution in [1.29, 1.82) is 0 Å². The van der Waals surface area contributed by atoms with Gasteiger partial charge in [-0.1, -0.05) is 0 Å². The number of carbonyl (C=O) groups excluding carboxylic acids is 2. The van der Waals surface area contributed by atoms with Gasteiger partial charge in [0.2, 0.25) is 5.91 Å². The average molecular weight is 321 g/mol. The number of hydrogen-bond donors (Lipinski definition) is 2. The standard InChI is InChI=1S/C14H19N5O2S/c1-9-6-12-16-7-11(10(2)19(12)17-9)14(21)18(3)8-13(20)15-4-5-22/h6-7,22H,4-5,8H2,1-3H3,(H,15,20). The van der Waals surface area contributed by atoms with Crippen LogP contribution in [0.3, 0.4) is 0 Å². The molecule has 8 heteroatoms. The molecule has 0 fully saturated rings. The Morgan fingerprint density at radius 2 is 2.14 bits per heavy atom. The van der Waals surface area contributed by atoms with Crippen molar-refractivity contribution in [1.82, 2.24) is 24.8 Å². The van der Waals surface area contributed by atoms with Crippen molar-refractivity contribution >= 4 is 30.1 Å². The van der Waals surface area contributed by atoms with Gasteiger partial charge in [0, 0.05) is 31.6 Å². The second-order valence-corrected chi connectivity index (χ2v) is 5.49. The lowest BCUT2D eigenvalue weighted by molar-refractivity contribution is -0.121. The molecule has 2 rings (SSSR count). The van der Waals surface area contributed by atoms with E-state index < -0.39 is 0 Å². The Morgan fingerprint density at radius 1 is 1.41 bits per heavy atom. The molecule has 2 amide bonds. The number of thiol groups is 1. The first-order valence-corrected chi connectivity index (χ1v) is 7.52. The smallest absolute Gasteiger partial charge is 0.257 e. The molecule has 0 saturated heterocycles. The first-order valence-electron chi connectivity index (χ1n) is 6.89. The molecule has 0 aliphatic rings. The SMILES string of the molecule is Cc1cc2ncc(C(=O)N(C)CC(=O)NCCS)c(C)n2n1. The maximum absolute atomic E-state index is 12.5. The van der Waals surface area contributed by atoms with E-state index >= 15 is 0 Å². The van der Waals surface area contributed by atoms with Crippen molar-refractivity contribution in [2.75, 3.05) is 25.9 Å². The van der Waals surface area contributed by atoms with E-state index in [-0.39, 0.29) is 18.4 Å². The van der Waals surface area contributed by atoms with E-state index in [0.717, 1.165) is 5.69 Å². The number of amides is 2. The largest absolute Gasteiger partial charge is 0.354 e. The number of nitrogens with zero attached hydrogens (tertiary/aromatic N) is 4. The molecule has 1 N–H and O–H groups in total. The van der Waals surface area contributed by atoms with Gasteiger partial charge >= 0.3 is 0 Å². The van der Waals surface area contributed by atoms with Gasteiger partial charge in [0.1, 0.15) is 0 Å². The quantitative estimate of drug-likeness (QED) is 0.784. The molecular formula is C14H19N5O2S. The first-order chi connectivity index (χ1) is 10.4. The van der Waals surface area contributed by atoms with Crippen LogP contribution in [-0.4, -0.2) is 57.2 Å². The summed E-state index contributed by atoms with van der Waals surface area (Å²) in [6.07, 6.45) is 1.52. The number of nitrogens with one attached hydrogen (secondary N) is 1. The zero-order valence-electron chi connectivity index (χ0n) is 12.8. The first kappa shape index (κ1) is 16.3. The molecule has 22 heavy (non-hydrogen) atoms. The third-order valence-electron chi connectivity index (χ3n) is 3.24. The Hall–Kier alpha value is -2.09. The average Bonchev–Trinajstić information content (AvgIpc) is 2.86. The molecule has 0 spiro atoms. The minimum atomic E-state index is -0.263. The molecule has 7 nitrogen and oxygen atoms in total. The lowest BCUT2D eigenvalue weighted by atomic mass is 10.2. The van der Waals surface area contributed by atoms with E-state index in [1.165, 1.54) is 11.1 Å². The van der Waals surface area contributed by atoms with Crippen LogP contribution in [0.4, 0.5) is 0 Å². The zero-order chi connectivity index (χ0) is 16.3. The van der Waals surface area contributed by atoms with Crippen molar-refractivity contribution in [3.05, 3.63) is 29.2 Å². The third kappa shape index (κ3) is 3.38. The van der Waals surface area contributed by atoms with E-state index in [4.69, 9.17) is 0 Å². The normalized spacial score (nSPS) is 10.7. The van der Waals surface area contributed by atoms with E-state index in [9.17, 15) is 9.59 Å². The summed E-state index contributed by atoms with van der Waals surface area (Å²) < 4.78 is 1.64. The fourth-order valence-electron chi connectivity index (χ4n) is 2.12. The highest BCUT2D eigenvalue weighted by atomic mass is 32.1. The molecule has 0 aromatic carbocycles. The molecule has 0 bridgehead atoms. The van der Waals surface area contributed by atoms with E-state index in [2.05, 4.69) is 28.0 Å². The third-order valence-corrected chi connectivity index (χ3v) is 3.46. The van der Waals surface area contributed by atoms with Crippen LogP contribution in [0, 0.1) is 13.8 Å². The highest BCUT2D eigenvalue weighted by Gasteiger charge is 2.19. The summed E-state index contributed by atoms with van der Waals surface area (Å²) in [5, 5.41) is 6.99. The number of hydrogen-bond acceptors (Lipinski definition) is 5. The van der Waals surface area contributed by atoms with E-state index in [0.29, 0.717) is 29.2 Å². The van der Waals surface area contributed by atoms with Crippen LogP contribution < -0.4 is 5.32 Å². The second-order valence-electron chi connectivity index (χ2n) is 5.05. The monoisotopic (exact) mass is 321 g/mol. The van der Waals surface area contributed by atoms with Gasteiger partial charge < -0.3 is 10.2 Å². The maximum atomic E-state index is 12.5. The summed E-state index contributed by atoms with van der Waals surface area (Å²) in [6, 6.07) is 1.84. The van der Waals surface area contributed by atoms with Crippen LogP contribution in [0.2, 0.25) is 0 Å². The molecule has 0 aliphatic carbocycles. The summed E-state index contributed by atoms with van der Waals surface area (Å²) in [4.78, 5) is 29.8. The number of fused-ring (bicyclic) bond motifs is 1. The minimum absolute atomic E-state index is 0.0117. The number of rotatable bonds is 5. The van der Waals surface area contributed by atoms with Crippen LogP contribution in [0.1, 0.15) is 21.7 Å². The van der Waals surface area contributed by atoms with Crippen molar-refractivity contribution in [2.24, 2.45) is 0 Å². The zero-order valence-corrected chi connectivity index (χ0v) is 13.7. The lowest BCUT2D eigenvalue weighted by Crippen LogP contribution is -2.39. The molecule has 2 heterocycles. The van der Waals surface area contributed by atoms with Crippen molar-refractivity contribution in [2.45, 2.75) is 13.8 Å². The predicted octanol–water partition coefficient (Wildman–Crippen LogP) is 0.464. The molecular weight excluding hydrogens is 302 g/mol. The fourth-order valence-corrected chi connectivity index (χ4v) is 2.23. The Bertz CT molecular complexity index is 713. The molecule has 0 radical (unpaired) electrons. The van der Waals surface area contributed by atoms with Crippen LogP contribution in [0.25, 0.3) is 5.65 Å². The fraction of sp³-hybridized carbons (Fsp3) is 0.429. The van der Waals surface area contributed by atoms with Crippen molar-refractivity contribution in [3.63, 3.8) is 0 Å². The minimum Gasteiger partial charge on any atom is -0.354 e. The molecule has 0 atom stereocenters. The van der Waals surface area contributed by atoms with Gasteiger partial charge in [-0.05, 0) is 13.8 Å². The van der Waals surface area contributed by atoms with Crippen LogP contribution >= 0.6 is 12.6 Å². The molecule has 0 unspecified atom stereocenters. The van der Waals surface area contributed by atoms with Crippen LogP contribution in [0.5, 0.6) is 0 Å². The summed E-state index contributed by atoms with van der Waals surface area (Å²) in [7, 11) is 1.58. The Balaban J connectivity index is 2.18.